The summed E-state index contributed by atoms with van der Waals surface area (Å²) in [5, 5.41) is 32.5. The second kappa shape index (κ2) is 7.18. The number of carboxylic acid groups (broad SMARTS) is 1. The Labute approximate surface area is 121 Å². The number of phenolic OH excluding ortho intramolecular Hbond substituents is 2. The van der Waals surface area contributed by atoms with Crippen molar-refractivity contribution in [3.05, 3.63) is 35.9 Å². The van der Waals surface area contributed by atoms with Crippen molar-refractivity contribution in [1.82, 2.24) is 10.6 Å². The van der Waals surface area contributed by atoms with Gasteiger partial charge >= 0.3 is 12.0 Å². The molecule has 2 amide bonds. The number of hydrogen-bond donors (Lipinski definition) is 5. The van der Waals surface area contributed by atoms with E-state index in [-0.39, 0.29) is 24.5 Å². The molecule has 0 aromatic heterocycles. The zero-order valence-electron chi connectivity index (χ0n) is 11.6. The Hall–Kier alpha value is -2.70. The van der Waals surface area contributed by atoms with Crippen molar-refractivity contribution in [2.24, 2.45) is 0 Å². The van der Waals surface area contributed by atoms with Crippen LogP contribution >= 0.6 is 0 Å². The van der Waals surface area contributed by atoms with Crippen molar-refractivity contribution in [3.63, 3.8) is 0 Å². The van der Waals surface area contributed by atoms with Gasteiger partial charge in [-0.05, 0) is 24.6 Å². The number of rotatable bonds is 6. The van der Waals surface area contributed by atoms with Crippen LogP contribution in [0.3, 0.4) is 0 Å². The molecule has 5 N–H and O–H groups in total. The van der Waals surface area contributed by atoms with Crippen molar-refractivity contribution in [2.45, 2.75) is 19.4 Å². The predicted molar refractivity (Wildman–Crippen MR) is 76.2 cm³/mol. The first-order chi connectivity index (χ1) is 9.79. The van der Waals surface area contributed by atoms with Crippen LogP contribution in [0.15, 0.2) is 30.4 Å². The number of carbonyl (C=O) groups is 2. The van der Waals surface area contributed by atoms with Crippen LogP contribution in [0.2, 0.25) is 0 Å². The number of phenols is 2. The lowest BCUT2D eigenvalue weighted by Gasteiger charge is -2.15. The molecular formula is C14H18N2O5. The Morgan fingerprint density at radius 1 is 1.29 bits per heavy atom. The van der Waals surface area contributed by atoms with E-state index in [9.17, 15) is 19.8 Å². The second-order valence-corrected chi connectivity index (χ2v) is 4.70. The van der Waals surface area contributed by atoms with Crippen LogP contribution in [0.5, 0.6) is 11.5 Å². The first kappa shape index (κ1) is 16.4. The fourth-order valence-electron chi connectivity index (χ4n) is 1.57. The molecule has 114 valence electrons. The number of carbonyl (C=O) groups excluding carboxylic acids is 1. The first-order valence-electron chi connectivity index (χ1n) is 6.22. The number of carboxylic acids is 1. The Kier molecular flexibility index (Phi) is 5.59. The average molecular weight is 294 g/mol. The molecule has 0 aliphatic heterocycles. The third-order valence-electron chi connectivity index (χ3n) is 2.63. The summed E-state index contributed by atoms with van der Waals surface area (Å²) in [6.07, 6.45) is -0.0241. The largest absolute Gasteiger partial charge is 0.504 e. The van der Waals surface area contributed by atoms with Crippen molar-refractivity contribution >= 4 is 12.0 Å². The maximum atomic E-state index is 11.6. The maximum absolute atomic E-state index is 11.6. The van der Waals surface area contributed by atoms with Gasteiger partial charge in [0.15, 0.2) is 11.5 Å². The maximum Gasteiger partial charge on any atom is 0.326 e. The Balaban J connectivity index is 2.69. The summed E-state index contributed by atoms with van der Waals surface area (Å²) in [7, 11) is 0. The van der Waals surface area contributed by atoms with Gasteiger partial charge in [-0.3, -0.25) is 0 Å². The highest BCUT2D eigenvalue weighted by molar-refractivity contribution is 5.82. The quantitative estimate of drug-likeness (QED) is 0.395. The van der Waals surface area contributed by atoms with E-state index in [0.29, 0.717) is 5.56 Å². The number of aromatic hydroxyl groups is 2. The molecule has 0 aliphatic rings. The molecule has 21 heavy (non-hydrogen) atoms. The molecule has 0 fully saturated rings. The van der Waals surface area contributed by atoms with E-state index < -0.39 is 18.0 Å². The molecule has 0 radical (unpaired) electrons. The van der Waals surface area contributed by atoms with Crippen LogP contribution in [0.25, 0.3) is 0 Å². The van der Waals surface area contributed by atoms with Gasteiger partial charge in [-0.25, -0.2) is 9.59 Å². The number of benzene rings is 1. The van der Waals surface area contributed by atoms with Gasteiger partial charge in [0.25, 0.3) is 0 Å². The smallest absolute Gasteiger partial charge is 0.326 e. The van der Waals surface area contributed by atoms with E-state index in [4.69, 9.17) is 5.11 Å². The van der Waals surface area contributed by atoms with E-state index in [1.807, 2.05) is 0 Å². The van der Waals surface area contributed by atoms with Crippen LogP contribution in [0.4, 0.5) is 4.79 Å². The average Bonchev–Trinajstić information content (AvgIpc) is 2.39. The zero-order valence-corrected chi connectivity index (χ0v) is 11.6. The Morgan fingerprint density at radius 3 is 2.48 bits per heavy atom. The van der Waals surface area contributed by atoms with Gasteiger partial charge in [0.05, 0.1) is 0 Å². The van der Waals surface area contributed by atoms with E-state index in [0.717, 1.165) is 5.57 Å². The topological polar surface area (TPSA) is 119 Å². The fraction of sp³-hybridized carbons (Fsp3) is 0.286. The molecule has 0 saturated carbocycles. The van der Waals surface area contributed by atoms with E-state index in [1.165, 1.54) is 18.2 Å². The van der Waals surface area contributed by atoms with Crippen molar-refractivity contribution in [2.75, 3.05) is 6.54 Å². The molecule has 0 spiro atoms. The van der Waals surface area contributed by atoms with Gasteiger partial charge in [0, 0.05) is 13.0 Å². The van der Waals surface area contributed by atoms with Crippen LogP contribution in [0, 0.1) is 0 Å². The predicted octanol–water partition coefficient (Wildman–Crippen LogP) is 0.969. The third kappa shape index (κ3) is 5.43. The van der Waals surface area contributed by atoms with E-state index >= 15 is 0 Å². The van der Waals surface area contributed by atoms with E-state index in [1.54, 1.807) is 6.92 Å². The SMILES string of the molecule is C=C(C)CNC(=O)N[C@@H](Cc1ccc(O)c(O)c1)C(=O)O. The number of aliphatic carboxylic acids is 1. The monoisotopic (exact) mass is 294 g/mol. The zero-order chi connectivity index (χ0) is 16.0. The summed E-state index contributed by atoms with van der Waals surface area (Å²) in [6, 6.07) is 2.20. The summed E-state index contributed by atoms with van der Waals surface area (Å²) in [6.45, 7) is 5.60. The number of nitrogens with one attached hydrogen (secondary N) is 2. The second-order valence-electron chi connectivity index (χ2n) is 4.70. The van der Waals surface area contributed by atoms with Crippen LogP contribution < -0.4 is 10.6 Å². The molecule has 7 heteroatoms. The molecule has 0 saturated heterocycles. The summed E-state index contributed by atoms with van der Waals surface area (Å²) >= 11 is 0. The molecule has 1 atom stereocenters. The molecule has 1 aromatic carbocycles. The highest BCUT2D eigenvalue weighted by atomic mass is 16.4. The lowest BCUT2D eigenvalue weighted by Crippen LogP contribution is -2.47. The first-order valence-corrected chi connectivity index (χ1v) is 6.22. The standard InChI is InChI=1S/C14H18N2O5/c1-8(2)7-15-14(21)16-10(13(19)20)5-9-3-4-11(17)12(18)6-9/h3-4,6,10,17-18H,1,5,7H2,2H3,(H,19,20)(H2,15,16,21)/t10-/m0/s1. The minimum Gasteiger partial charge on any atom is -0.504 e. The number of amides is 2. The minimum atomic E-state index is -1.20. The molecule has 0 unspecified atom stereocenters. The van der Waals surface area contributed by atoms with Crippen molar-refractivity contribution in [3.8, 4) is 11.5 Å². The molecule has 0 bridgehead atoms. The van der Waals surface area contributed by atoms with Gasteiger partial charge in [0.1, 0.15) is 6.04 Å². The highest BCUT2D eigenvalue weighted by Gasteiger charge is 2.20. The van der Waals surface area contributed by atoms with Gasteiger partial charge < -0.3 is 26.0 Å². The Morgan fingerprint density at radius 2 is 1.95 bits per heavy atom. The molecule has 0 heterocycles. The van der Waals surface area contributed by atoms with E-state index in [2.05, 4.69) is 17.2 Å². The summed E-state index contributed by atoms with van der Waals surface area (Å²) < 4.78 is 0. The van der Waals surface area contributed by atoms with Crippen LogP contribution in [-0.4, -0.2) is 39.9 Å². The third-order valence-corrected chi connectivity index (χ3v) is 2.63. The molecule has 7 nitrogen and oxygen atoms in total. The molecule has 1 aromatic rings. The summed E-state index contributed by atoms with van der Waals surface area (Å²) in [4.78, 5) is 22.7. The number of urea groups is 1. The number of hydrogen-bond acceptors (Lipinski definition) is 4. The van der Waals surface area contributed by atoms with Gasteiger partial charge in [-0.15, -0.1) is 0 Å². The molecule has 1 rings (SSSR count). The normalized spacial score (nSPS) is 11.5. The van der Waals surface area contributed by atoms with Crippen LogP contribution in [0.1, 0.15) is 12.5 Å². The van der Waals surface area contributed by atoms with Crippen molar-refractivity contribution < 1.29 is 24.9 Å². The Bertz CT molecular complexity index is 556. The summed E-state index contributed by atoms with van der Waals surface area (Å²) in [5.74, 6) is -1.84. The fourth-order valence-corrected chi connectivity index (χ4v) is 1.57. The molecular weight excluding hydrogens is 276 g/mol. The lowest BCUT2D eigenvalue weighted by atomic mass is 10.1. The lowest BCUT2D eigenvalue weighted by molar-refractivity contribution is -0.139. The van der Waals surface area contributed by atoms with Gasteiger partial charge in [-0.2, -0.15) is 0 Å². The van der Waals surface area contributed by atoms with Gasteiger partial charge in [-0.1, -0.05) is 18.2 Å². The van der Waals surface area contributed by atoms with Crippen molar-refractivity contribution in [1.29, 1.82) is 0 Å². The van der Waals surface area contributed by atoms with Gasteiger partial charge in [0.2, 0.25) is 0 Å². The molecule has 0 aliphatic carbocycles. The minimum absolute atomic E-state index is 0.0241. The summed E-state index contributed by atoms with van der Waals surface area (Å²) in [5.41, 5.74) is 1.21. The highest BCUT2D eigenvalue weighted by Crippen LogP contribution is 2.25. The van der Waals surface area contributed by atoms with Crippen LogP contribution in [-0.2, 0) is 11.2 Å².